The van der Waals surface area contributed by atoms with E-state index in [0.717, 1.165) is 0 Å². The SMILES string of the molecule is CC1(N2CC=CN2)C=C(F)C(F)=CC1. The van der Waals surface area contributed by atoms with Crippen LogP contribution in [0.4, 0.5) is 8.78 Å². The predicted octanol–water partition coefficient (Wildman–Crippen LogP) is 2.19. The summed E-state index contributed by atoms with van der Waals surface area (Å²) in [5, 5.41) is 1.87. The molecule has 1 aliphatic carbocycles. The molecular formula is C10H12F2N2. The number of hydrogen-bond acceptors (Lipinski definition) is 2. The van der Waals surface area contributed by atoms with Gasteiger partial charge >= 0.3 is 0 Å². The smallest absolute Gasteiger partial charge is 0.156 e. The van der Waals surface area contributed by atoms with Gasteiger partial charge in [-0.05, 0) is 25.5 Å². The summed E-state index contributed by atoms with van der Waals surface area (Å²) in [4.78, 5) is 0. The van der Waals surface area contributed by atoms with Crippen LogP contribution in [0.1, 0.15) is 13.3 Å². The molecule has 1 heterocycles. The van der Waals surface area contributed by atoms with Gasteiger partial charge in [0.15, 0.2) is 11.7 Å². The van der Waals surface area contributed by atoms with Crippen molar-refractivity contribution in [2.75, 3.05) is 6.54 Å². The monoisotopic (exact) mass is 198 g/mol. The highest BCUT2D eigenvalue weighted by Crippen LogP contribution is 2.31. The Hall–Kier alpha value is -1.16. The zero-order valence-electron chi connectivity index (χ0n) is 7.93. The topological polar surface area (TPSA) is 15.3 Å². The zero-order chi connectivity index (χ0) is 10.2. The van der Waals surface area contributed by atoms with Gasteiger partial charge in [-0.1, -0.05) is 6.08 Å². The molecule has 0 fully saturated rings. The first kappa shape index (κ1) is 9.40. The second-order valence-corrected chi connectivity index (χ2v) is 3.75. The van der Waals surface area contributed by atoms with Gasteiger partial charge in [0.25, 0.3) is 0 Å². The minimum atomic E-state index is -0.771. The largest absolute Gasteiger partial charge is 0.325 e. The van der Waals surface area contributed by atoms with E-state index in [2.05, 4.69) is 5.43 Å². The first-order valence-corrected chi connectivity index (χ1v) is 4.55. The van der Waals surface area contributed by atoms with Gasteiger partial charge < -0.3 is 5.43 Å². The lowest BCUT2D eigenvalue weighted by molar-refractivity contribution is 0.130. The molecule has 0 saturated heterocycles. The van der Waals surface area contributed by atoms with Gasteiger partial charge in [0, 0.05) is 12.7 Å². The molecule has 76 valence electrons. The van der Waals surface area contributed by atoms with Crippen LogP contribution < -0.4 is 5.43 Å². The van der Waals surface area contributed by atoms with Gasteiger partial charge in [-0.25, -0.2) is 13.8 Å². The molecule has 0 saturated carbocycles. The molecule has 1 atom stereocenters. The lowest BCUT2D eigenvalue weighted by Crippen LogP contribution is -2.49. The van der Waals surface area contributed by atoms with Crippen molar-refractivity contribution in [1.82, 2.24) is 10.4 Å². The number of nitrogens with zero attached hydrogens (tertiary/aromatic N) is 1. The van der Waals surface area contributed by atoms with Crippen LogP contribution in [0.25, 0.3) is 0 Å². The number of rotatable bonds is 1. The Kier molecular flexibility index (Phi) is 2.15. The first-order valence-electron chi connectivity index (χ1n) is 4.55. The predicted molar refractivity (Wildman–Crippen MR) is 50.4 cm³/mol. The molecule has 0 aromatic heterocycles. The summed E-state index contributed by atoms with van der Waals surface area (Å²) in [6.07, 6.45) is 6.82. The van der Waals surface area contributed by atoms with E-state index in [1.807, 2.05) is 18.0 Å². The molecule has 1 N–H and O–H groups in total. The Labute approximate surface area is 81.6 Å². The Morgan fingerprint density at radius 3 is 2.79 bits per heavy atom. The second-order valence-electron chi connectivity index (χ2n) is 3.75. The summed E-state index contributed by atoms with van der Waals surface area (Å²) in [7, 11) is 0. The number of nitrogens with one attached hydrogen (secondary N) is 1. The van der Waals surface area contributed by atoms with Crippen molar-refractivity contribution < 1.29 is 8.78 Å². The third-order valence-corrected chi connectivity index (χ3v) is 2.61. The number of hydrogen-bond donors (Lipinski definition) is 1. The Bertz CT molecular complexity index is 325. The van der Waals surface area contributed by atoms with E-state index in [-0.39, 0.29) is 0 Å². The van der Waals surface area contributed by atoms with Crippen molar-refractivity contribution in [2.45, 2.75) is 18.9 Å². The van der Waals surface area contributed by atoms with Crippen molar-refractivity contribution in [3.05, 3.63) is 36.1 Å². The molecule has 0 aromatic rings. The first-order chi connectivity index (χ1) is 6.62. The fourth-order valence-electron chi connectivity index (χ4n) is 1.69. The molecule has 2 rings (SSSR count). The summed E-state index contributed by atoms with van der Waals surface area (Å²) >= 11 is 0. The van der Waals surface area contributed by atoms with Crippen LogP contribution in [0.3, 0.4) is 0 Å². The molecule has 0 aromatic carbocycles. The lowest BCUT2D eigenvalue weighted by atomic mass is 9.92. The van der Waals surface area contributed by atoms with E-state index in [4.69, 9.17) is 0 Å². The van der Waals surface area contributed by atoms with Crippen LogP contribution in [0.15, 0.2) is 36.1 Å². The minimum absolute atomic E-state index is 0.473. The van der Waals surface area contributed by atoms with Gasteiger partial charge in [0.1, 0.15) is 0 Å². The standard InChI is InChI=1S/C10H12F2N2/c1-10(14-6-2-5-13-14)4-3-8(11)9(12)7-10/h2-3,5,7,13H,4,6H2,1H3. The fourth-order valence-corrected chi connectivity index (χ4v) is 1.69. The summed E-state index contributed by atoms with van der Waals surface area (Å²) < 4.78 is 25.8. The normalized spacial score (nSPS) is 32.5. The van der Waals surface area contributed by atoms with Crippen LogP contribution in [0.5, 0.6) is 0 Å². The van der Waals surface area contributed by atoms with Crippen molar-refractivity contribution >= 4 is 0 Å². The minimum Gasteiger partial charge on any atom is -0.325 e. The van der Waals surface area contributed by atoms with Gasteiger partial charge in [-0.15, -0.1) is 0 Å². The summed E-state index contributed by atoms with van der Waals surface area (Å²) in [5.74, 6) is -1.53. The van der Waals surface area contributed by atoms with E-state index in [9.17, 15) is 8.78 Å². The highest BCUT2D eigenvalue weighted by atomic mass is 19.2. The molecular weight excluding hydrogens is 186 g/mol. The molecule has 0 spiro atoms. The highest BCUT2D eigenvalue weighted by molar-refractivity contribution is 5.30. The van der Waals surface area contributed by atoms with Crippen molar-refractivity contribution in [3.63, 3.8) is 0 Å². The number of allylic oxidation sites excluding steroid dienone is 2. The summed E-state index contributed by atoms with van der Waals surface area (Å²) in [5.41, 5.74) is 2.51. The molecule has 2 aliphatic rings. The van der Waals surface area contributed by atoms with Crippen LogP contribution in [-0.2, 0) is 0 Å². The average Bonchev–Trinajstić information content (AvgIpc) is 2.65. The quantitative estimate of drug-likeness (QED) is 0.694. The van der Waals surface area contributed by atoms with E-state index in [0.29, 0.717) is 13.0 Å². The molecule has 0 amide bonds. The van der Waals surface area contributed by atoms with Gasteiger partial charge in [-0.2, -0.15) is 0 Å². The lowest BCUT2D eigenvalue weighted by Gasteiger charge is -2.36. The molecule has 2 nitrogen and oxygen atoms in total. The fraction of sp³-hybridized carbons (Fsp3) is 0.400. The second kappa shape index (κ2) is 3.20. The zero-order valence-corrected chi connectivity index (χ0v) is 7.93. The van der Waals surface area contributed by atoms with Gasteiger partial charge in [0.05, 0.1) is 5.54 Å². The van der Waals surface area contributed by atoms with Crippen LogP contribution in [0.2, 0.25) is 0 Å². The van der Waals surface area contributed by atoms with Crippen molar-refractivity contribution in [2.24, 2.45) is 0 Å². The maximum atomic E-state index is 13.1. The van der Waals surface area contributed by atoms with E-state index in [1.165, 1.54) is 12.2 Å². The molecule has 0 bridgehead atoms. The highest BCUT2D eigenvalue weighted by Gasteiger charge is 2.33. The van der Waals surface area contributed by atoms with Crippen molar-refractivity contribution in [1.29, 1.82) is 0 Å². The average molecular weight is 198 g/mol. The third-order valence-electron chi connectivity index (χ3n) is 2.61. The van der Waals surface area contributed by atoms with Gasteiger partial charge in [0.2, 0.25) is 0 Å². The Morgan fingerprint density at radius 2 is 2.21 bits per heavy atom. The molecule has 4 heteroatoms. The molecule has 0 radical (unpaired) electrons. The maximum Gasteiger partial charge on any atom is 0.156 e. The number of halogens is 2. The van der Waals surface area contributed by atoms with Gasteiger partial charge in [-0.3, -0.25) is 0 Å². The summed E-state index contributed by atoms with van der Waals surface area (Å²) in [6.45, 7) is 2.57. The van der Waals surface area contributed by atoms with Crippen LogP contribution in [-0.4, -0.2) is 17.1 Å². The van der Waals surface area contributed by atoms with E-state index in [1.54, 1.807) is 6.20 Å². The van der Waals surface area contributed by atoms with Crippen molar-refractivity contribution in [3.8, 4) is 0 Å². The number of hydrazine groups is 1. The van der Waals surface area contributed by atoms with Crippen LogP contribution in [0, 0.1) is 0 Å². The summed E-state index contributed by atoms with van der Waals surface area (Å²) in [6, 6.07) is 0. The molecule has 1 aliphatic heterocycles. The van der Waals surface area contributed by atoms with E-state index >= 15 is 0 Å². The van der Waals surface area contributed by atoms with Crippen LogP contribution >= 0.6 is 0 Å². The Balaban J connectivity index is 2.19. The maximum absolute atomic E-state index is 13.1. The Morgan fingerprint density at radius 1 is 1.43 bits per heavy atom. The molecule has 14 heavy (non-hydrogen) atoms. The molecule has 1 unspecified atom stereocenters. The third kappa shape index (κ3) is 1.46. The van der Waals surface area contributed by atoms with E-state index < -0.39 is 17.2 Å².